The Balaban J connectivity index is 1.73. The zero-order valence-corrected chi connectivity index (χ0v) is 16.3. The molecule has 0 saturated heterocycles. The average Bonchev–Trinajstić information content (AvgIpc) is 2.73. The first-order valence-electron chi connectivity index (χ1n) is 8.60. The molecule has 28 heavy (non-hydrogen) atoms. The zero-order chi connectivity index (χ0) is 19.9. The molecule has 0 radical (unpaired) electrons. The molecular weight excluding hydrogens is 378 g/mol. The molecule has 0 aliphatic heterocycles. The van der Waals surface area contributed by atoms with Crippen LogP contribution in [0.25, 0.3) is 11.1 Å². The van der Waals surface area contributed by atoms with E-state index < -0.39 is 0 Å². The van der Waals surface area contributed by atoms with Crippen molar-refractivity contribution in [3.05, 3.63) is 71.8 Å². The molecule has 1 N–H and O–H groups in total. The summed E-state index contributed by atoms with van der Waals surface area (Å²) in [5.74, 6) is 1.65. The van der Waals surface area contributed by atoms with Crippen molar-refractivity contribution in [2.75, 3.05) is 26.1 Å². The van der Waals surface area contributed by atoms with Gasteiger partial charge in [-0.05, 0) is 48.0 Å². The largest absolute Gasteiger partial charge is 0.497 e. The number of halogens is 1. The van der Waals surface area contributed by atoms with E-state index in [4.69, 9.17) is 25.8 Å². The van der Waals surface area contributed by atoms with Crippen molar-refractivity contribution in [2.24, 2.45) is 0 Å². The van der Waals surface area contributed by atoms with Crippen molar-refractivity contribution in [3.8, 4) is 28.4 Å². The van der Waals surface area contributed by atoms with Gasteiger partial charge < -0.3 is 19.5 Å². The van der Waals surface area contributed by atoms with E-state index in [9.17, 15) is 4.79 Å². The summed E-state index contributed by atoms with van der Waals surface area (Å²) < 4.78 is 16.1. The third-order valence-electron chi connectivity index (χ3n) is 4.08. The molecule has 0 atom stereocenters. The molecular formula is C22H20ClNO4. The molecule has 0 saturated carbocycles. The molecule has 6 heteroatoms. The highest BCUT2D eigenvalue weighted by atomic mass is 35.5. The van der Waals surface area contributed by atoms with Crippen LogP contribution in [0.3, 0.4) is 0 Å². The van der Waals surface area contributed by atoms with Gasteiger partial charge in [0.2, 0.25) is 0 Å². The smallest absolute Gasteiger partial charge is 0.262 e. The topological polar surface area (TPSA) is 56.8 Å². The number of methoxy groups -OCH3 is 2. The Kier molecular flexibility index (Phi) is 6.40. The fraction of sp³-hybridized carbons (Fsp3) is 0.136. The lowest BCUT2D eigenvalue weighted by Crippen LogP contribution is -2.20. The first kappa shape index (κ1) is 19.6. The summed E-state index contributed by atoms with van der Waals surface area (Å²) in [6.45, 7) is -0.145. The SMILES string of the molecule is COc1ccc(-c2cc(NC(=O)COc3ccccc3Cl)ccc2OC)cc1. The van der Waals surface area contributed by atoms with Crippen molar-refractivity contribution in [1.82, 2.24) is 0 Å². The van der Waals surface area contributed by atoms with Gasteiger partial charge in [-0.3, -0.25) is 4.79 Å². The van der Waals surface area contributed by atoms with Crippen LogP contribution in [-0.4, -0.2) is 26.7 Å². The average molecular weight is 398 g/mol. The van der Waals surface area contributed by atoms with Crippen LogP contribution in [0.2, 0.25) is 5.02 Å². The standard InChI is InChI=1S/C22H20ClNO4/c1-26-17-10-7-15(8-11-17)18-13-16(9-12-20(18)27-2)24-22(25)14-28-21-6-4-3-5-19(21)23/h3-13H,14H2,1-2H3,(H,24,25). The Labute approximate surface area is 168 Å². The van der Waals surface area contributed by atoms with Crippen LogP contribution in [0.4, 0.5) is 5.69 Å². The molecule has 3 aromatic carbocycles. The van der Waals surface area contributed by atoms with Gasteiger partial charge in [0.15, 0.2) is 6.61 Å². The molecule has 0 heterocycles. The number of nitrogens with one attached hydrogen (secondary N) is 1. The van der Waals surface area contributed by atoms with E-state index in [-0.39, 0.29) is 12.5 Å². The summed E-state index contributed by atoms with van der Waals surface area (Å²) in [5, 5.41) is 3.29. The summed E-state index contributed by atoms with van der Waals surface area (Å²) in [6, 6.07) is 20.1. The lowest BCUT2D eigenvalue weighted by atomic mass is 10.0. The van der Waals surface area contributed by atoms with Crippen LogP contribution >= 0.6 is 11.6 Å². The van der Waals surface area contributed by atoms with E-state index in [2.05, 4.69) is 5.32 Å². The molecule has 0 aliphatic rings. The van der Waals surface area contributed by atoms with Crippen LogP contribution in [0.5, 0.6) is 17.2 Å². The van der Waals surface area contributed by atoms with Crippen LogP contribution in [0, 0.1) is 0 Å². The second-order valence-corrected chi connectivity index (χ2v) is 6.32. The van der Waals surface area contributed by atoms with Gasteiger partial charge in [0.1, 0.15) is 17.2 Å². The monoisotopic (exact) mass is 397 g/mol. The molecule has 5 nitrogen and oxygen atoms in total. The molecule has 0 bridgehead atoms. The number of carbonyl (C=O) groups is 1. The molecule has 3 aromatic rings. The number of carbonyl (C=O) groups excluding carboxylic acids is 1. The van der Waals surface area contributed by atoms with Crippen molar-refractivity contribution in [1.29, 1.82) is 0 Å². The highest BCUT2D eigenvalue weighted by Gasteiger charge is 2.10. The Morgan fingerprint density at radius 1 is 0.929 bits per heavy atom. The van der Waals surface area contributed by atoms with Crippen LogP contribution in [0.15, 0.2) is 66.7 Å². The summed E-state index contributed by atoms with van der Waals surface area (Å²) >= 11 is 6.03. The highest BCUT2D eigenvalue weighted by Crippen LogP contribution is 2.33. The predicted octanol–water partition coefficient (Wildman–Crippen LogP) is 5.04. The van der Waals surface area contributed by atoms with Gasteiger partial charge in [-0.2, -0.15) is 0 Å². The molecule has 0 aromatic heterocycles. The maximum atomic E-state index is 12.3. The minimum absolute atomic E-state index is 0.145. The van der Waals surface area contributed by atoms with Gasteiger partial charge in [-0.15, -0.1) is 0 Å². The minimum Gasteiger partial charge on any atom is -0.497 e. The number of para-hydroxylation sites is 1. The van der Waals surface area contributed by atoms with E-state index in [1.165, 1.54) is 0 Å². The molecule has 1 amide bonds. The Bertz CT molecular complexity index is 957. The lowest BCUT2D eigenvalue weighted by Gasteiger charge is -2.13. The number of rotatable bonds is 7. The summed E-state index contributed by atoms with van der Waals surface area (Å²) in [7, 11) is 3.23. The van der Waals surface area contributed by atoms with Crippen molar-refractivity contribution < 1.29 is 19.0 Å². The molecule has 144 valence electrons. The van der Waals surface area contributed by atoms with E-state index in [1.54, 1.807) is 44.6 Å². The number of hydrogen-bond donors (Lipinski definition) is 1. The summed E-state index contributed by atoms with van der Waals surface area (Å²) in [6.07, 6.45) is 0. The fourth-order valence-corrected chi connectivity index (χ4v) is 2.87. The molecule has 0 aliphatic carbocycles. The third-order valence-corrected chi connectivity index (χ3v) is 4.39. The highest BCUT2D eigenvalue weighted by molar-refractivity contribution is 6.32. The summed E-state index contributed by atoms with van der Waals surface area (Å²) in [5.41, 5.74) is 2.44. The number of anilines is 1. The maximum Gasteiger partial charge on any atom is 0.262 e. The summed E-state index contributed by atoms with van der Waals surface area (Å²) in [4.78, 5) is 12.3. The number of ether oxygens (including phenoxy) is 3. The van der Waals surface area contributed by atoms with Gasteiger partial charge in [0, 0.05) is 11.3 Å². The Morgan fingerprint density at radius 3 is 2.36 bits per heavy atom. The minimum atomic E-state index is -0.286. The molecule has 0 spiro atoms. The molecule has 0 unspecified atom stereocenters. The quantitative estimate of drug-likeness (QED) is 0.606. The zero-order valence-electron chi connectivity index (χ0n) is 15.6. The first-order chi connectivity index (χ1) is 13.6. The first-order valence-corrected chi connectivity index (χ1v) is 8.98. The van der Waals surface area contributed by atoms with Gasteiger partial charge in [-0.25, -0.2) is 0 Å². The number of benzene rings is 3. The third kappa shape index (κ3) is 4.75. The van der Waals surface area contributed by atoms with Crippen molar-refractivity contribution in [2.45, 2.75) is 0 Å². The van der Waals surface area contributed by atoms with Gasteiger partial charge in [-0.1, -0.05) is 35.9 Å². The number of hydrogen-bond acceptors (Lipinski definition) is 4. The van der Waals surface area contributed by atoms with Crippen LogP contribution in [-0.2, 0) is 4.79 Å². The normalized spacial score (nSPS) is 10.2. The van der Waals surface area contributed by atoms with Crippen molar-refractivity contribution >= 4 is 23.2 Å². The fourth-order valence-electron chi connectivity index (χ4n) is 2.68. The van der Waals surface area contributed by atoms with E-state index in [0.717, 1.165) is 16.9 Å². The molecule has 0 fully saturated rings. The molecule has 3 rings (SSSR count). The Morgan fingerprint density at radius 2 is 1.68 bits per heavy atom. The van der Waals surface area contributed by atoms with Gasteiger partial charge in [0.05, 0.1) is 19.2 Å². The van der Waals surface area contributed by atoms with Gasteiger partial charge >= 0.3 is 0 Å². The second kappa shape index (κ2) is 9.15. The maximum absolute atomic E-state index is 12.3. The van der Waals surface area contributed by atoms with E-state index in [1.807, 2.05) is 36.4 Å². The van der Waals surface area contributed by atoms with Crippen LogP contribution < -0.4 is 19.5 Å². The Hall–Kier alpha value is -3.18. The lowest BCUT2D eigenvalue weighted by molar-refractivity contribution is -0.118. The van der Waals surface area contributed by atoms with Gasteiger partial charge in [0.25, 0.3) is 5.91 Å². The van der Waals surface area contributed by atoms with E-state index in [0.29, 0.717) is 22.2 Å². The van der Waals surface area contributed by atoms with E-state index >= 15 is 0 Å². The second-order valence-electron chi connectivity index (χ2n) is 5.91. The predicted molar refractivity (Wildman–Crippen MR) is 111 cm³/mol. The number of amides is 1. The van der Waals surface area contributed by atoms with Crippen LogP contribution in [0.1, 0.15) is 0 Å². The van der Waals surface area contributed by atoms with Crippen molar-refractivity contribution in [3.63, 3.8) is 0 Å².